The summed E-state index contributed by atoms with van der Waals surface area (Å²) in [7, 11) is 0. The molecule has 3 aliphatic rings. The molecule has 0 unspecified atom stereocenters. The number of alkyl halides is 3. The second-order valence-corrected chi connectivity index (χ2v) is 11.7. The van der Waals surface area contributed by atoms with Crippen LogP contribution in [0.15, 0.2) is 31.0 Å². The Morgan fingerprint density at radius 3 is 2.64 bits per heavy atom. The molecule has 3 aromatic rings. The zero-order chi connectivity index (χ0) is 29.1. The number of fused-ring (bicyclic) bond motifs is 2. The predicted molar refractivity (Wildman–Crippen MR) is 150 cm³/mol. The Bertz CT molecular complexity index is 1450. The van der Waals surface area contributed by atoms with Crippen molar-refractivity contribution in [2.45, 2.75) is 90.3 Å². The van der Waals surface area contributed by atoms with Crippen molar-refractivity contribution in [3.8, 4) is 0 Å². The van der Waals surface area contributed by atoms with E-state index < -0.39 is 23.6 Å². The van der Waals surface area contributed by atoms with Crippen LogP contribution in [0.4, 0.5) is 24.8 Å². The molecule has 5 atom stereocenters. The third-order valence-electron chi connectivity index (χ3n) is 7.84. The minimum atomic E-state index is -4.43. The molecule has 1 aliphatic carbocycles. The van der Waals surface area contributed by atoms with Crippen molar-refractivity contribution in [2.75, 3.05) is 23.3 Å². The van der Waals surface area contributed by atoms with E-state index in [4.69, 9.17) is 9.47 Å². The fourth-order valence-electron chi connectivity index (χ4n) is 6.12. The number of aromatic nitrogens is 5. The number of hydrogen-bond acceptors (Lipinski definition) is 9. The molecule has 2 saturated heterocycles. The molecule has 3 aromatic heterocycles. The molecule has 0 aromatic carbocycles. The normalized spacial score (nSPS) is 26.9. The lowest BCUT2D eigenvalue weighted by molar-refractivity contribution is -0.163. The van der Waals surface area contributed by atoms with Gasteiger partial charge in [-0.1, -0.05) is 7.43 Å². The van der Waals surface area contributed by atoms with Crippen molar-refractivity contribution >= 4 is 28.7 Å². The van der Waals surface area contributed by atoms with Crippen molar-refractivity contribution in [2.24, 2.45) is 5.92 Å². The lowest BCUT2D eigenvalue weighted by Crippen LogP contribution is -2.40. The zero-order valence-corrected chi connectivity index (χ0v) is 23.2. The first-order valence-electron chi connectivity index (χ1n) is 13.8. The van der Waals surface area contributed by atoms with E-state index in [1.54, 1.807) is 6.33 Å². The molecule has 228 valence electrons. The highest BCUT2D eigenvalue weighted by atomic mass is 19.4. The minimum Gasteiger partial charge on any atom is -0.364 e. The van der Waals surface area contributed by atoms with Gasteiger partial charge in [-0.3, -0.25) is 4.79 Å². The number of nitrogens with zero attached hydrogens (tertiary/aromatic N) is 6. The number of carbonyl (C=O) groups is 1. The molecule has 2 aliphatic heterocycles. The lowest BCUT2D eigenvalue weighted by atomic mass is 10.0. The van der Waals surface area contributed by atoms with E-state index in [-0.39, 0.29) is 49.3 Å². The van der Waals surface area contributed by atoms with Crippen molar-refractivity contribution in [3.63, 3.8) is 0 Å². The second-order valence-electron chi connectivity index (χ2n) is 11.7. The molecule has 0 spiro atoms. The molecule has 3 fully saturated rings. The van der Waals surface area contributed by atoms with Gasteiger partial charge in [0.1, 0.15) is 29.9 Å². The average molecular weight is 591 g/mol. The Hall–Kier alpha value is -3.52. The molecule has 11 nitrogen and oxygen atoms in total. The van der Waals surface area contributed by atoms with Crippen LogP contribution in [-0.2, 0) is 20.4 Å². The molecule has 6 rings (SSSR count). The fraction of sp³-hybridized carbons (Fsp3) is 0.607. The summed E-state index contributed by atoms with van der Waals surface area (Å²) in [6.45, 7) is 8.54. The summed E-state index contributed by atoms with van der Waals surface area (Å²) in [6, 6.07) is 1.74. The topological polar surface area (TPSA) is 119 Å². The maximum atomic E-state index is 13.2. The van der Waals surface area contributed by atoms with Crippen molar-refractivity contribution in [3.05, 3.63) is 36.5 Å². The maximum absolute atomic E-state index is 13.2. The Balaban J connectivity index is 0.00000353. The Labute approximate surface area is 242 Å². The van der Waals surface area contributed by atoms with Crippen molar-refractivity contribution in [1.29, 1.82) is 0 Å². The van der Waals surface area contributed by atoms with Gasteiger partial charge in [0.2, 0.25) is 5.91 Å². The molecule has 0 radical (unpaired) electrons. The monoisotopic (exact) mass is 590 g/mol. The third-order valence-corrected chi connectivity index (χ3v) is 7.84. The molecule has 5 heterocycles. The standard InChI is InChI=1S/C27H33F3N8O3.CH4/c1-14(2)35-25(39)17-10-18(22-21(17)40-26(3,4)41-22)38-13-34-20-23(32-12-33-24(20)38)36-16-6-8-37(11-16)19-9-15(5-7-31-19)27(28,29)30;/h5,7,9,12-14,16-18,21-22H,6,8,10-11H2,1-4H3,(H,35,39)(H,32,33,36);1H4/t16-,17-,18+,21+,22-;/m0./s1. The van der Waals surface area contributed by atoms with Crippen LogP contribution in [0.1, 0.15) is 59.6 Å². The highest BCUT2D eigenvalue weighted by molar-refractivity contribution is 5.83. The van der Waals surface area contributed by atoms with Crippen LogP contribution in [0.5, 0.6) is 0 Å². The maximum Gasteiger partial charge on any atom is 0.416 e. The van der Waals surface area contributed by atoms with Gasteiger partial charge in [0.25, 0.3) is 0 Å². The van der Waals surface area contributed by atoms with E-state index in [1.807, 2.05) is 37.2 Å². The molecular weight excluding hydrogens is 553 g/mol. The van der Waals surface area contributed by atoms with Crippen LogP contribution < -0.4 is 15.5 Å². The van der Waals surface area contributed by atoms with Crippen LogP contribution >= 0.6 is 0 Å². The van der Waals surface area contributed by atoms with Crippen LogP contribution in [-0.4, -0.2) is 73.6 Å². The highest BCUT2D eigenvalue weighted by Crippen LogP contribution is 2.47. The molecule has 1 amide bonds. The van der Waals surface area contributed by atoms with Gasteiger partial charge in [0, 0.05) is 31.4 Å². The first-order valence-corrected chi connectivity index (χ1v) is 13.8. The zero-order valence-electron chi connectivity index (χ0n) is 23.2. The van der Waals surface area contributed by atoms with Gasteiger partial charge in [0.05, 0.1) is 23.9 Å². The molecule has 42 heavy (non-hydrogen) atoms. The first kappa shape index (κ1) is 30.0. The van der Waals surface area contributed by atoms with E-state index in [9.17, 15) is 18.0 Å². The largest absolute Gasteiger partial charge is 0.416 e. The number of ether oxygens (including phenoxy) is 2. The van der Waals surface area contributed by atoms with E-state index in [0.29, 0.717) is 42.9 Å². The summed E-state index contributed by atoms with van der Waals surface area (Å²) in [5.74, 6) is -0.466. The van der Waals surface area contributed by atoms with E-state index in [2.05, 4.69) is 30.6 Å². The summed E-state index contributed by atoms with van der Waals surface area (Å²) >= 11 is 0. The summed E-state index contributed by atoms with van der Waals surface area (Å²) in [6.07, 6.45) is 0.326. The number of carbonyl (C=O) groups excluding carboxylic acids is 1. The van der Waals surface area contributed by atoms with Crippen LogP contribution in [0.2, 0.25) is 0 Å². The van der Waals surface area contributed by atoms with Gasteiger partial charge < -0.3 is 29.6 Å². The quantitative estimate of drug-likeness (QED) is 0.436. The van der Waals surface area contributed by atoms with E-state index in [1.165, 1.54) is 12.5 Å². The smallest absolute Gasteiger partial charge is 0.364 e. The summed E-state index contributed by atoms with van der Waals surface area (Å²) < 4.78 is 53.9. The summed E-state index contributed by atoms with van der Waals surface area (Å²) in [5, 5.41) is 6.41. The average Bonchev–Trinajstić information content (AvgIpc) is 3.66. The lowest BCUT2D eigenvalue weighted by Gasteiger charge is -2.24. The fourth-order valence-corrected chi connectivity index (χ4v) is 6.12. The Morgan fingerprint density at radius 2 is 1.90 bits per heavy atom. The molecule has 1 saturated carbocycles. The third kappa shape index (κ3) is 5.61. The molecule has 14 heteroatoms. The number of nitrogens with one attached hydrogen (secondary N) is 2. The molecular formula is C28H37F3N8O3. The van der Waals surface area contributed by atoms with Gasteiger partial charge in [-0.25, -0.2) is 19.9 Å². The van der Waals surface area contributed by atoms with Crippen molar-refractivity contribution in [1.82, 2.24) is 29.8 Å². The second kappa shape index (κ2) is 11.0. The van der Waals surface area contributed by atoms with Crippen LogP contribution in [0.3, 0.4) is 0 Å². The van der Waals surface area contributed by atoms with Gasteiger partial charge in [0.15, 0.2) is 17.3 Å². The van der Waals surface area contributed by atoms with Crippen LogP contribution in [0, 0.1) is 5.92 Å². The predicted octanol–water partition coefficient (Wildman–Crippen LogP) is 4.17. The highest BCUT2D eigenvalue weighted by Gasteiger charge is 2.57. The van der Waals surface area contributed by atoms with E-state index >= 15 is 0 Å². The minimum absolute atomic E-state index is 0. The SMILES string of the molecule is C.CC(C)NC(=O)[C@H]1C[C@@H](n2cnc3c(N[C@H]4CCN(c5cc(C(F)(F)F)ccn5)C4)ncnc32)[C@@H]2OC(C)(C)O[C@@H]21. The molecule has 2 N–H and O–H groups in total. The number of pyridine rings is 1. The van der Waals surface area contributed by atoms with Gasteiger partial charge >= 0.3 is 6.18 Å². The first-order chi connectivity index (χ1) is 19.4. The van der Waals surface area contributed by atoms with Crippen molar-refractivity contribution < 1.29 is 27.4 Å². The number of amides is 1. The summed E-state index contributed by atoms with van der Waals surface area (Å²) in [4.78, 5) is 32.6. The van der Waals surface area contributed by atoms with Gasteiger partial charge in [-0.05, 0) is 52.7 Å². The van der Waals surface area contributed by atoms with Gasteiger partial charge in [-0.2, -0.15) is 13.2 Å². The molecule has 0 bridgehead atoms. The number of hydrogen-bond donors (Lipinski definition) is 2. The summed E-state index contributed by atoms with van der Waals surface area (Å²) in [5.41, 5.74) is 0.437. The number of imidazole rings is 1. The number of anilines is 2. The van der Waals surface area contributed by atoms with Crippen LogP contribution in [0.25, 0.3) is 11.2 Å². The van der Waals surface area contributed by atoms with E-state index in [0.717, 1.165) is 12.1 Å². The Kier molecular flexibility index (Phi) is 7.81. The van der Waals surface area contributed by atoms with Gasteiger partial charge in [-0.15, -0.1) is 0 Å². The number of halogens is 3. The Morgan fingerprint density at radius 1 is 1.14 bits per heavy atom. The number of rotatable bonds is 6.